The molecule has 6 heteroatoms. The zero-order valence-electron chi connectivity index (χ0n) is 10.0. The van der Waals surface area contributed by atoms with Gasteiger partial charge >= 0.3 is 6.18 Å². The van der Waals surface area contributed by atoms with Gasteiger partial charge in [-0.3, -0.25) is 0 Å². The summed E-state index contributed by atoms with van der Waals surface area (Å²) in [5.74, 6) is 0. The molecule has 0 amide bonds. The van der Waals surface area contributed by atoms with Crippen molar-refractivity contribution in [3.8, 4) is 11.1 Å². The third kappa shape index (κ3) is 2.47. The second-order valence-corrected chi connectivity index (χ2v) is 4.14. The number of halogens is 3. The number of pyridine rings is 1. The van der Waals surface area contributed by atoms with Crippen molar-refractivity contribution < 1.29 is 17.9 Å². The lowest BCUT2D eigenvalue weighted by molar-refractivity contribution is -0.611. The summed E-state index contributed by atoms with van der Waals surface area (Å²) < 4.78 is 39.4. The van der Waals surface area contributed by atoms with Gasteiger partial charge in [-0.05, 0) is 17.7 Å². The Kier molecular flexibility index (Phi) is 3.09. The number of nitrogens with zero attached hydrogens (tertiary/aromatic N) is 1. The van der Waals surface area contributed by atoms with Gasteiger partial charge in [0, 0.05) is 18.7 Å². The average Bonchev–Trinajstić information content (AvgIpc) is 2.32. The average molecular weight is 268 g/mol. The van der Waals surface area contributed by atoms with Crippen LogP contribution in [0.4, 0.5) is 18.9 Å². The summed E-state index contributed by atoms with van der Waals surface area (Å²) in [5, 5.41) is 11.5. The van der Waals surface area contributed by atoms with Crippen LogP contribution in [0.1, 0.15) is 11.3 Å². The molecule has 19 heavy (non-hydrogen) atoms. The quantitative estimate of drug-likeness (QED) is 0.491. The molecule has 2 rings (SSSR count). The van der Waals surface area contributed by atoms with Gasteiger partial charge in [0.05, 0.1) is 11.1 Å². The largest absolute Gasteiger partial charge is 0.618 e. The summed E-state index contributed by atoms with van der Waals surface area (Å²) in [4.78, 5) is 0. The minimum absolute atomic E-state index is 0.000374. The number of hydrogen-bond donors (Lipinski definition) is 1. The Hall–Kier alpha value is -2.24. The van der Waals surface area contributed by atoms with Gasteiger partial charge in [0.25, 0.3) is 0 Å². The normalized spacial score (nSPS) is 11.6. The molecule has 1 heterocycles. The SMILES string of the molecule is Cc1c(-c2ccc(N)cc2)c(C(F)(F)F)cc[n+]1[O-]. The standard InChI is InChI=1S/C13H11F3N2O/c1-8-12(9-2-4-10(17)5-3-9)11(13(14,15)16)6-7-18(8)19/h2-7H,17H2,1H3. The van der Waals surface area contributed by atoms with Crippen LogP contribution in [0.2, 0.25) is 0 Å². The lowest BCUT2D eigenvalue weighted by Gasteiger charge is -2.15. The summed E-state index contributed by atoms with van der Waals surface area (Å²) in [6.45, 7) is 1.36. The maximum Gasteiger partial charge on any atom is 0.417 e. The van der Waals surface area contributed by atoms with Gasteiger partial charge in [-0.25, -0.2) is 0 Å². The van der Waals surface area contributed by atoms with E-state index in [-0.39, 0.29) is 11.3 Å². The monoisotopic (exact) mass is 268 g/mol. The topological polar surface area (TPSA) is 53.0 Å². The molecule has 0 aliphatic rings. The maximum atomic E-state index is 13.0. The van der Waals surface area contributed by atoms with Crippen molar-refractivity contribution in [2.75, 3.05) is 5.73 Å². The van der Waals surface area contributed by atoms with Gasteiger partial charge in [-0.1, -0.05) is 12.1 Å². The van der Waals surface area contributed by atoms with Gasteiger partial charge in [-0.15, -0.1) is 0 Å². The highest BCUT2D eigenvalue weighted by Gasteiger charge is 2.36. The number of benzene rings is 1. The van der Waals surface area contributed by atoms with Crippen LogP contribution in [0, 0.1) is 12.1 Å². The van der Waals surface area contributed by atoms with E-state index >= 15 is 0 Å². The van der Waals surface area contributed by atoms with Gasteiger partial charge in [0.2, 0.25) is 0 Å². The number of rotatable bonds is 1. The number of nitrogen functional groups attached to an aromatic ring is 1. The molecule has 1 aromatic heterocycles. The van der Waals surface area contributed by atoms with Crippen LogP contribution in [0.5, 0.6) is 0 Å². The third-order valence-corrected chi connectivity index (χ3v) is 2.84. The van der Waals surface area contributed by atoms with Gasteiger partial charge in [-0.2, -0.15) is 17.9 Å². The molecule has 0 atom stereocenters. The smallest absolute Gasteiger partial charge is 0.417 e. The van der Waals surface area contributed by atoms with Crippen LogP contribution in [0.25, 0.3) is 11.1 Å². The molecule has 0 radical (unpaired) electrons. The van der Waals surface area contributed by atoms with Crippen LogP contribution in [0.15, 0.2) is 36.5 Å². The Bertz CT molecular complexity index is 607. The molecule has 0 aliphatic heterocycles. The zero-order chi connectivity index (χ0) is 14.2. The van der Waals surface area contributed by atoms with Crippen LogP contribution in [0.3, 0.4) is 0 Å². The first-order valence-corrected chi connectivity index (χ1v) is 5.46. The number of nitrogens with two attached hydrogens (primary N) is 1. The molecule has 0 aliphatic carbocycles. The Labute approximate surface area is 107 Å². The van der Waals surface area contributed by atoms with Crippen molar-refractivity contribution in [1.29, 1.82) is 0 Å². The number of hydrogen-bond acceptors (Lipinski definition) is 2. The lowest BCUT2D eigenvalue weighted by atomic mass is 9.98. The van der Waals surface area contributed by atoms with E-state index in [1.165, 1.54) is 31.2 Å². The first-order valence-electron chi connectivity index (χ1n) is 5.46. The van der Waals surface area contributed by atoms with Crippen LogP contribution >= 0.6 is 0 Å². The number of anilines is 1. The molecule has 1 aromatic carbocycles. The highest BCUT2D eigenvalue weighted by atomic mass is 19.4. The molecule has 0 saturated carbocycles. The Morgan fingerprint density at radius 1 is 1.11 bits per heavy atom. The van der Waals surface area contributed by atoms with E-state index in [4.69, 9.17) is 5.73 Å². The zero-order valence-corrected chi connectivity index (χ0v) is 10.0. The van der Waals surface area contributed by atoms with Crippen molar-refractivity contribution in [1.82, 2.24) is 0 Å². The van der Waals surface area contributed by atoms with Crippen molar-refractivity contribution in [2.45, 2.75) is 13.1 Å². The van der Waals surface area contributed by atoms with Crippen LogP contribution < -0.4 is 10.5 Å². The van der Waals surface area contributed by atoms with Gasteiger partial charge < -0.3 is 10.9 Å². The Morgan fingerprint density at radius 3 is 2.21 bits per heavy atom. The fourth-order valence-electron chi connectivity index (χ4n) is 1.89. The van der Waals surface area contributed by atoms with Crippen molar-refractivity contribution >= 4 is 5.69 Å². The van der Waals surface area contributed by atoms with E-state index in [2.05, 4.69) is 0 Å². The molecular formula is C13H11F3N2O. The summed E-state index contributed by atoms with van der Waals surface area (Å²) in [5.41, 5.74) is 5.31. The van der Waals surface area contributed by atoms with Crippen molar-refractivity contribution in [3.05, 3.63) is 53.0 Å². The third-order valence-electron chi connectivity index (χ3n) is 2.84. The molecule has 2 N–H and O–H groups in total. The molecule has 0 saturated heterocycles. The summed E-state index contributed by atoms with van der Waals surface area (Å²) >= 11 is 0. The van der Waals surface area contributed by atoms with E-state index in [1.54, 1.807) is 0 Å². The second kappa shape index (κ2) is 4.46. The highest BCUT2D eigenvalue weighted by Crippen LogP contribution is 2.37. The molecular weight excluding hydrogens is 257 g/mol. The van der Waals surface area contributed by atoms with Crippen LogP contribution in [-0.4, -0.2) is 0 Å². The van der Waals surface area contributed by atoms with Crippen LogP contribution in [-0.2, 0) is 6.18 Å². The number of aromatic nitrogens is 1. The molecule has 0 spiro atoms. The Balaban J connectivity index is 2.73. The first kappa shape index (κ1) is 13.2. The molecule has 0 bridgehead atoms. The summed E-state index contributed by atoms with van der Waals surface area (Å²) in [6.07, 6.45) is -3.66. The van der Waals surface area contributed by atoms with Crippen molar-refractivity contribution in [3.63, 3.8) is 0 Å². The minimum atomic E-state index is -4.52. The second-order valence-electron chi connectivity index (χ2n) is 4.14. The molecule has 0 unspecified atom stereocenters. The molecule has 3 nitrogen and oxygen atoms in total. The molecule has 100 valence electrons. The summed E-state index contributed by atoms with van der Waals surface area (Å²) in [6, 6.07) is 6.71. The lowest BCUT2D eigenvalue weighted by Crippen LogP contribution is -2.31. The fraction of sp³-hybridized carbons (Fsp3) is 0.154. The minimum Gasteiger partial charge on any atom is -0.618 e. The van der Waals surface area contributed by atoms with Gasteiger partial charge in [0.15, 0.2) is 11.9 Å². The Morgan fingerprint density at radius 2 is 1.68 bits per heavy atom. The predicted octanol–water partition coefficient (Wildman–Crippen LogP) is 2.90. The highest BCUT2D eigenvalue weighted by molar-refractivity contribution is 5.70. The maximum absolute atomic E-state index is 13.0. The van der Waals surface area contributed by atoms with E-state index in [0.717, 1.165) is 12.3 Å². The van der Waals surface area contributed by atoms with E-state index in [0.29, 0.717) is 16.0 Å². The molecule has 0 fully saturated rings. The van der Waals surface area contributed by atoms with E-state index in [1.807, 2.05) is 0 Å². The van der Waals surface area contributed by atoms with E-state index < -0.39 is 11.7 Å². The summed E-state index contributed by atoms with van der Waals surface area (Å²) in [7, 11) is 0. The van der Waals surface area contributed by atoms with Gasteiger partial charge in [0.1, 0.15) is 0 Å². The van der Waals surface area contributed by atoms with Crippen molar-refractivity contribution in [2.24, 2.45) is 0 Å². The fourth-order valence-corrected chi connectivity index (χ4v) is 1.89. The number of alkyl halides is 3. The molecule has 2 aromatic rings. The predicted molar refractivity (Wildman–Crippen MR) is 65.0 cm³/mol. The first-order chi connectivity index (χ1) is 8.80. The van der Waals surface area contributed by atoms with E-state index in [9.17, 15) is 18.4 Å².